The van der Waals surface area contributed by atoms with Crippen LogP contribution in [0, 0.1) is 0 Å². The highest BCUT2D eigenvalue weighted by atomic mass is 16.5. The van der Waals surface area contributed by atoms with Crippen molar-refractivity contribution in [2.24, 2.45) is 7.05 Å². The van der Waals surface area contributed by atoms with Crippen molar-refractivity contribution in [2.45, 2.75) is 0 Å². The molecule has 0 radical (unpaired) electrons. The largest absolute Gasteiger partial charge is 0.497 e. The zero-order valence-corrected chi connectivity index (χ0v) is 10.5. The molecule has 0 unspecified atom stereocenters. The lowest BCUT2D eigenvalue weighted by Crippen LogP contribution is -2.27. The quantitative estimate of drug-likeness (QED) is 0.895. The van der Waals surface area contributed by atoms with E-state index in [2.05, 4.69) is 5.10 Å². The molecule has 19 heavy (non-hydrogen) atoms. The van der Waals surface area contributed by atoms with Gasteiger partial charge in [-0.15, -0.1) is 0 Å². The molecule has 0 bridgehead atoms. The first-order valence-electron chi connectivity index (χ1n) is 5.48. The number of rotatable bonds is 3. The van der Waals surface area contributed by atoms with Crippen molar-refractivity contribution in [2.75, 3.05) is 7.11 Å². The predicted octanol–water partition coefficient (Wildman–Crippen LogP) is 1.15. The minimum absolute atomic E-state index is 0.273. The molecule has 6 nitrogen and oxygen atoms in total. The van der Waals surface area contributed by atoms with Crippen LogP contribution in [0.25, 0.3) is 11.1 Å². The number of nitrogens with zero attached hydrogens (tertiary/aromatic N) is 2. The summed E-state index contributed by atoms with van der Waals surface area (Å²) >= 11 is 0. The third-order valence-electron chi connectivity index (χ3n) is 2.73. The monoisotopic (exact) mass is 260 g/mol. The van der Waals surface area contributed by atoms with E-state index in [1.165, 1.54) is 20.4 Å². The smallest absolute Gasteiger partial charge is 0.342 e. The standard InChI is InChI=1S/C13H12N2O4/c1-15-12(16)11(13(17)18)10(7-14-15)8-4-3-5-9(6-8)19-2/h3-7H,1-2H3,(H,17,18). The van der Waals surface area contributed by atoms with Crippen molar-refractivity contribution in [1.82, 2.24) is 9.78 Å². The third-order valence-corrected chi connectivity index (χ3v) is 2.73. The van der Waals surface area contributed by atoms with Crippen LogP contribution >= 0.6 is 0 Å². The van der Waals surface area contributed by atoms with Crippen LogP contribution in [-0.2, 0) is 7.05 Å². The first-order valence-corrected chi connectivity index (χ1v) is 5.48. The van der Waals surface area contributed by atoms with E-state index in [0.717, 1.165) is 4.68 Å². The highest BCUT2D eigenvalue weighted by Gasteiger charge is 2.18. The number of aromatic carboxylic acids is 1. The van der Waals surface area contributed by atoms with Gasteiger partial charge in [0.2, 0.25) is 0 Å². The molecule has 2 aromatic rings. The van der Waals surface area contributed by atoms with Crippen molar-refractivity contribution in [3.05, 3.63) is 46.4 Å². The van der Waals surface area contributed by atoms with Gasteiger partial charge in [0.15, 0.2) is 0 Å². The fourth-order valence-corrected chi connectivity index (χ4v) is 1.75. The second-order valence-corrected chi connectivity index (χ2v) is 3.90. The highest BCUT2D eigenvalue weighted by molar-refractivity contribution is 5.95. The van der Waals surface area contributed by atoms with E-state index in [-0.39, 0.29) is 11.1 Å². The molecule has 0 amide bonds. The molecule has 0 aliphatic carbocycles. The van der Waals surface area contributed by atoms with Crippen molar-refractivity contribution in [1.29, 1.82) is 0 Å². The number of carboxylic acid groups (broad SMARTS) is 1. The van der Waals surface area contributed by atoms with Gasteiger partial charge >= 0.3 is 5.97 Å². The Morgan fingerprint density at radius 2 is 2.16 bits per heavy atom. The van der Waals surface area contributed by atoms with Gasteiger partial charge in [0, 0.05) is 12.6 Å². The van der Waals surface area contributed by atoms with E-state index in [1.54, 1.807) is 24.3 Å². The van der Waals surface area contributed by atoms with E-state index in [4.69, 9.17) is 4.74 Å². The molecule has 0 saturated heterocycles. The summed E-state index contributed by atoms with van der Waals surface area (Å²) in [5, 5.41) is 13.0. The topological polar surface area (TPSA) is 81.4 Å². The first-order chi connectivity index (χ1) is 9.04. The number of aryl methyl sites for hydroxylation is 1. The number of aromatic nitrogens is 2. The summed E-state index contributed by atoms with van der Waals surface area (Å²) in [7, 11) is 2.92. The molecule has 1 N–H and O–H groups in total. The van der Waals surface area contributed by atoms with E-state index in [1.807, 2.05) is 0 Å². The highest BCUT2D eigenvalue weighted by Crippen LogP contribution is 2.24. The van der Waals surface area contributed by atoms with Crippen molar-refractivity contribution in [3.63, 3.8) is 0 Å². The molecule has 1 aromatic carbocycles. The van der Waals surface area contributed by atoms with Gasteiger partial charge in [-0.05, 0) is 17.7 Å². The van der Waals surface area contributed by atoms with Crippen molar-refractivity contribution in [3.8, 4) is 16.9 Å². The summed E-state index contributed by atoms with van der Waals surface area (Å²) in [5.74, 6) is -0.699. The fourth-order valence-electron chi connectivity index (χ4n) is 1.75. The van der Waals surface area contributed by atoms with Gasteiger partial charge in [-0.2, -0.15) is 5.10 Å². The maximum absolute atomic E-state index is 11.8. The minimum atomic E-state index is -1.28. The summed E-state index contributed by atoms with van der Waals surface area (Å²) in [6, 6.07) is 6.81. The molecular formula is C13H12N2O4. The summed E-state index contributed by atoms with van der Waals surface area (Å²) in [5.41, 5.74) is -0.102. The number of methoxy groups -OCH3 is 1. The molecule has 2 rings (SSSR count). The number of ether oxygens (including phenoxy) is 1. The average Bonchev–Trinajstić information content (AvgIpc) is 2.41. The van der Waals surface area contributed by atoms with Gasteiger partial charge in [0.25, 0.3) is 5.56 Å². The van der Waals surface area contributed by atoms with Crippen LogP contribution < -0.4 is 10.3 Å². The van der Waals surface area contributed by atoms with Crippen LogP contribution in [0.2, 0.25) is 0 Å². The second-order valence-electron chi connectivity index (χ2n) is 3.90. The average molecular weight is 260 g/mol. The van der Waals surface area contributed by atoms with Gasteiger partial charge in [0.1, 0.15) is 11.3 Å². The van der Waals surface area contributed by atoms with Gasteiger partial charge in [-0.25, -0.2) is 9.48 Å². The van der Waals surface area contributed by atoms with Crippen LogP contribution in [0.1, 0.15) is 10.4 Å². The van der Waals surface area contributed by atoms with Crippen LogP contribution in [0.4, 0.5) is 0 Å². The summed E-state index contributed by atoms with van der Waals surface area (Å²) in [6.45, 7) is 0. The summed E-state index contributed by atoms with van der Waals surface area (Å²) in [4.78, 5) is 23.1. The number of benzene rings is 1. The SMILES string of the molecule is COc1cccc(-c2cnn(C)c(=O)c2C(=O)O)c1. The number of carboxylic acids is 1. The van der Waals surface area contributed by atoms with Crippen LogP contribution in [0.15, 0.2) is 35.3 Å². The van der Waals surface area contributed by atoms with Gasteiger partial charge in [-0.3, -0.25) is 4.79 Å². The Labute approximate surface area is 108 Å². The van der Waals surface area contributed by atoms with Gasteiger partial charge in [0.05, 0.1) is 13.3 Å². The lowest BCUT2D eigenvalue weighted by Gasteiger charge is -2.08. The zero-order chi connectivity index (χ0) is 14.0. The molecule has 0 saturated carbocycles. The molecule has 0 aliphatic rings. The molecule has 1 heterocycles. The fraction of sp³-hybridized carbons (Fsp3) is 0.154. The maximum atomic E-state index is 11.8. The molecular weight excluding hydrogens is 248 g/mol. The Balaban J connectivity index is 2.71. The normalized spacial score (nSPS) is 10.2. The van der Waals surface area contributed by atoms with Crippen molar-refractivity contribution >= 4 is 5.97 Å². The molecule has 0 spiro atoms. The Morgan fingerprint density at radius 3 is 2.79 bits per heavy atom. The number of hydrogen-bond acceptors (Lipinski definition) is 4. The molecule has 98 valence electrons. The Bertz CT molecular complexity index is 691. The molecule has 0 atom stereocenters. The Hall–Kier alpha value is -2.63. The third kappa shape index (κ3) is 2.33. The van der Waals surface area contributed by atoms with Crippen LogP contribution in [0.3, 0.4) is 0 Å². The molecule has 6 heteroatoms. The lowest BCUT2D eigenvalue weighted by molar-refractivity contribution is 0.0694. The van der Waals surface area contributed by atoms with Crippen LogP contribution in [-0.4, -0.2) is 28.0 Å². The number of carbonyl (C=O) groups is 1. The Kier molecular flexibility index (Phi) is 3.33. The Morgan fingerprint density at radius 1 is 1.42 bits per heavy atom. The van der Waals surface area contributed by atoms with Crippen LogP contribution in [0.5, 0.6) is 5.75 Å². The maximum Gasteiger partial charge on any atom is 0.342 e. The number of hydrogen-bond donors (Lipinski definition) is 1. The predicted molar refractivity (Wildman–Crippen MR) is 68.4 cm³/mol. The minimum Gasteiger partial charge on any atom is -0.497 e. The van der Waals surface area contributed by atoms with Gasteiger partial charge < -0.3 is 9.84 Å². The second kappa shape index (κ2) is 4.93. The molecule has 0 fully saturated rings. The zero-order valence-electron chi connectivity index (χ0n) is 10.5. The van der Waals surface area contributed by atoms with Gasteiger partial charge in [-0.1, -0.05) is 12.1 Å². The van der Waals surface area contributed by atoms with E-state index >= 15 is 0 Å². The first kappa shape index (κ1) is 12.8. The van der Waals surface area contributed by atoms with E-state index < -0.39 is 11.5 Å². The lowest BCUT2D eigenvalue weighted by atomic mass is 10.0. The van der Waals surface area contributed by atoms with Crippen molar-refractivity contribution < 1.29 is 14.6 Å². The summed E-state index contributed by atoms with van der Waals surface area (Å²) < 4.78 is 6.07. The van der Waals surface area contributed by atoms with E-state index in [0.29, 0.717) is 11.3 Å². The molecule has 1 aromatic heterocycles. The summed E-state index contributed by atoms with van der Waals surface area (Å²) in [6.07, 6.45) is 1.36. The molecule has 0 aliphatic heterocycles. The van der Waals surface area contributed by atoms with E-state index in [9.17, 15) is 14.7 Å².